The number of urea groups is 1. The zero-order chi connectivity index (χ0) is 17.8. The predicted molar refractivity (Wildman–Crippen MR) is 93.0 cm³/mol. The maximum Gasteiger partial charge on any atom is 0.318 e. The number of esters is 1. The smallest absolute Gasteiger partial charge is 0.318 e. The molecule has 8 heteroatoms. The van der Waals surface area contributed by atoms with Gasteiger partial charge in [0, 0.05) is 5.92 Å². The number of carbonyl (C=O) groups excluding carboxylic acids is 3. The summed E-state index contributed by atoms with van der Waals surface area (Å²) in [6.07, 6.45) is 3.55. The van der Waals surface area contributed by atoms with Crippen molar-refractivity contribution in [2.45, 2.75) is 31.6 Å². The van der Waals surface area contributed by atoms with Crippen LogP contribution in [0.3, 0.4) is 0 Å². The Morgan fingerprint density at radius 2 is 2.00 bits per heavy atom. The van der Waals surface area contributed by atoms with E-state index in [9.17, 15) is 14.4 Å². The van der Waals surface area contributed by atoms with Gasteiger partial charge in [0.25, 0.3) is 5.91 Å². The Labute approximate surface area is 148 Å². The zero-order valence-electron chi connectivity index (χ0n) is 13.6. The first kappa shape index (κ1) is 17.3. The minimum Gasteiger partial charge on any atom is -0.455 e. The maximum atomic E-state index is 12.4. The number of hydrogen-bond donors (Lipinski definition) is 2. The van der Waals surface area contributed by atoms with Crippen molar-refractivity contribution in [1.29, 1.82) is 0 Å². The number of nitrogens with two attached hydrogens (primary N) is 1. The van der Waals surface area contributed by atoms with Crippen molar-refractivity contribution in [3.63, 3.8) is 0 Å². The third-order valence-electron chi connectivity index (χ3n) is 4.30. The molecule has 3 rings (SSSR count). The molecule has 0 bridgehead atoms. The molecule has 1 saturated carbocycles. The number of para-hydroxylation sites is 1. The van der Waals surface area contributed by atoms with E-state index in [-0.39, 0.29) is 11.8 Å². The molecule has 0 radical (unpaired) electrons. The molecule has 25 heavy (non-hydrogen) atoms. The number of rotatable bonds is 4. The molecule has 1 heterocycles. The second kappa shape index (κ2) is 7.60. The molecule has 0 aliphatic heterocycles. The Kier molecular flexibility index (Phi) is 5.28. The van der Waals surface area contributed by atoms with Crippen molar-refractivity contribution in [3.8, 4) is 0 Å². The van der Waals surface area contributed by atoms with E-state index in [1.54, 1.807) is 11.3 Å². The minimum atomic E-state index is -0.967. The van der Waals surface area contributed by atoms with Crippen molar-refractivity contribution in [3.05, 3.63) is 29.3 Å². The topological polar surface area (TPSA) is 111 Å². The maximum absolute atomic E-state index is 12.4. The molecule has 7 nitrogen and oxygen atoms in total. The Morgan fingerprint density at radius 3 is 2.76 bits per heavy atom. The highest BCUT2D eigenvalue weighted by atomic mass is 32.1. The first-order chi connectivity index (χ1) is 12.0. The van der Waals surface area contributed by atoms with Crippen molar-refractivity contribution in [1.82, 2.24) is 10.3 Å². The van der Waals surface area contributed by atoms with Crippen LogP contribution < -0.4 is 11.1 Å². The summed E-state index contributed by atoms with van der Waals surface area (Å²) in [4.78, 5) is 39.2. The van der Waals surface area contributed by atoms with Gasteiger partial charge >= 0.3 is 12.0 Å². The van der Waals surface area contributed by atoms with E-state index in [0.717, 1.165) is 34.5 Å². The van der Waals surface area contributed by atoms with Gasteiger partial charge in [0.1, 0.15) is 0 Å². The fourth-order valence-corrected chi connectivity index (χ4v) is 4.34. The highest BCUT2D eigenvalue weighted by molar-refractivity contribution is 7.18. The number of nitrogens with zero attached hydrogens (tertiary/aromatic N) is 1. The molecule has 1 fully saturated rings. The van der Waals surface area contributed by atoms with E-state index >= 15 is 0 Å². The van der Waals surface area contributed by atoms with Crippen molar-refractivity contribution >= 4 is 39.5 Å². The number of aromatic nitrogens is 1. The summed E-state index contributed by atoms with van der Waals surface area (Å²) in [5.41, 5.74) is 5.79. The average Bonchev–Trinajstić information content (AvgIpc) is 3.03. The van der Waals surface area contributed by atoms with Gasteiger partial charge < -0.3 is 10.5 Å². The fourth-order valence-electron chi connectivity index (χ4n) is 3.17. The van der Waals surface area contributed by atoms with Crippen LogP contribution in [0.2, 0.25) is 0 Å². The van der Waals surface area contributed by atoms with E-state index in [1.807, 2.05) is 29.6 Å². The van der Waals surface area contributed by atoms with Crippen molar-refractivity contribution in [2.75, 3.05) is 6.61 Å². The van der Waals surface area contributed by atoms with Crippen LogP contribution in [0.25, 0.3) is 10.2 Å². The molecule has 132 valence electrons. The molecule has 2 atom stereocenters. The lowest BCUT2D eigenvalue weighted by Gasteiger charge is -2.28. The van der Waals surface area contributed by atoms with Gasteiger partial charge in [-0.15, -0.1) is 11.3 Å². The summed E-state index contributed by atoms with van der Waals surface area (Å²) in [6, 6.07) is 6.91. The summed E-state index contributed by atoms with van der Waals surface area (Å²) in [5.74, 6) is -1.48. The van der Waals surface area contributed by atoms with Gasteiger partial charge in [-0.2, -0.15) is 0 Å². The van der Waals surface area contributed by atoms with Gasteiger partial charge in [0.15, 0.2) is 6.61 Å². The summed E-state index contributed by atoms with van der Waals surface area (Å²) in [7, 11) is 0. The lowest BCUT2D eigenvalue weighted by Crippen LogP contribution is -2.38. The number of carbonyl (C=O) groups is 3. The van der Waals surface area contributed by atoms with Crippen LogP contribution >= 0.6 is 11.3 Å². The second-order valence-electron chi connectivity index (χ2n) is 6.04. The molecular weight excluding hydrogens is 342 g/mol. The van der Waals surface area contributed by atoms with Gasteiger partial charge in [-0.05, 0) is 25.0 Å². The van der Waals surface area contributed by atoms with Crippen molar-refractivity contribution in [2.24, 2.45) is 11.7 Å². The molecule has 1 aliphatic rings. The number of hydrogen-bond acceptors (Lipinski definition) is 6. The second-order valence-corrected chi connectivity index (χ2v) is 7.10. The summed E-state index contributed by atoms with van der Waals surface area (Å²) >= 11 is 1.60. The van der Waals surface area contributed by atoms with Gasteiger partial charge in [-0.1, -0.05) is 25.0 Å². The highest BCUT2D eigenvalue weighted by Gasteiger charge is 2.35. The van der Waals surface area contributed by atoms with E-state index in [1.165, 1.54) is 0 Å². The van der Waals surface area contributed by atoms with E-state index in [2.05, 4.69) is 4.98 Å². The zero-order valence-corrected chi connectivity index (χ0v) is 14.4. The average molecular weight is 361 g/mol. The van der Waals surface area contributed by atoms with Crippen LogP contribution in [0.15, 0.2) is 24.3 Å². The number of primary amides is 1. The largest absolute Gasteiger partial charge is 0.455 e. The third kappa shape index (κ3) is 4.14. The molecule has 0 saturated heterocycles. The lowest BCUT2D eigenvalue weighted by atomic mass is 9.79. The molecule has 1 aliphatic carbocycles. The van der Waals surface area contributed by atoms with Crippen LogP contribution in [0.4, 0.5) is 4.79 Å². The quantitative estimate of drug-likeness (QED) is 0.812. The van der Waals surface area contributed by atoms with Crippen LogP contribution in [-0.4, -0.2) is 29.5 Å². The number of amides is 3. The summed E-state index contributed by atoms with van der Waals surface area (Å²) in [6.45, 7) is -0.509. The molecule has 2 aromatic rings. The molecule has 1 aromatic carbocycles. The highest BCUT2D eigenvalue weighted by Crippen LogP contribution is 2.41. The normalized spacial score (nSPS) is 20.2. The van der Waals surface area contributed by atoms with Gasteiger partial charge in [0.05, 0.1) is 21.1 Å². The van der Waals surface area contributed by atoms with Gasteiger partial charge in [0.2, 0.25) is 0 Å². The van der Waals surface area contributed by atoms with Crippen LogP contribution in [0.5, 0.6) is 0 Å². The number of nitrogens with one attached hydrogen (secondary N) is 1. The molecule has 0 unspecified atom stereocenters. The fraction of sp³-hybridized carbons (Fsp3) is 0.412. The molecule has 1 aromatic heterocycles. The Balaban J connectivity index is 1.71. The minimum absolute atomic E-state index is 0.00199. The Hall–Kier alpha value is -2.48. The first-order valence-electron chi connectivity index (χ1n) is 8.16. The monoisotopic (exact) mass is 361 g/mol. The number of fused-ring (bicyclic) bond motifs is 1. The van der Waals surface area contributed by atoms with Gasteiger partial charge in [-0.3, -0.25) is 14.9 Å². The molecule has 0 spiro atoms. The Morgan fingerprint density at radius 1 is 1.24 bits per heavy atom. The van der Waals surface area contributed by atoms with Crippen LogP contribution in [0, 0.1) is 5.92 Å². The molecule has 3 amide bonds. The number of thiazole rings is 1. The number of ether oxygens (including phenoxy) is 1. The lowest BCUT2D eigenvalue weighted by molar-refractivity contribution is -0.154. The summed E-state index contributed by atoms with van der Waals surface area (Å²) < 4.78 is 6.18. The SMILES string of the molecule is NC(=O)NC(=O)COC(=O)[C@@H]1CCCC[C@@H]1c1nc2ccccc2s1. The molecule has 3 N–H and O–H groups in total. The van der Waals surface area contributed by atoms with E-state index < -0.39 is 24.5 Å². The third-order valence-corrected chi connectivity index (χ3v) is 5.47. The van der Waals surface area contributed by atoms with Crippen LogP contribution in [0.1, 0.15) is 36.6 Å². The summed E-state index contributed by atoms with van der Waals surface area (Å²) in [5, 5.41) is 2.81. The van der Waals surface area contributed by atoms with Crippen molar-refractivity contribution < 1.29 is 19.1 Å². The number of benzene rings is 1. The Bertz CT molecular complexity index is 771. The first-order valence-corrected chi connectivity index (χ1v) is 8.97. The van der Waals surface area contributed by atoms with Gasteiger partial charge in [-0.25, -0.2) is 9.78 Å². The standard InChI is InChI=1S/C17H19N3O4S/c18-17(23)20-14(21)9-24-16(22)11-6-2-1-5-10(11)15-19-12-7-3-4-8-13(12)25-15/h3-4,7-8,10-11H,1-2,5-6,9H2,(H3,18,20,21,23)/t10-,11+/m0/s1. The predicted octanol–water partition coefficient (Wildman–Crippen LogP) is 2.31. The van der Waals surface area contributed by atoms with Crippen LogP contribution in [-0.2, 0) is 14.3 Å². The number of imide groups is 1. The van der Waals surface area contributed by atoms with E-state index in [4.69, 9.17) is 10.5 Å². The van der Waals surface area contributed by atoms with E-state index in [0.29, 0.717) is 6.42 Å². The molecular formula is C17H19N3O4S.